The maximum absolute atomic E-state index is 13.7. The summed E-state index contributed by atoms with van der Waals surface area (Å²) in [5.74, 6) is -1.29. The van der Waals surface area contributed by atoms with Crippen molar-refractivity contribution < 1.29 is 17.6 Å². The number of hydrogen-bond donors (Lipinski definition) is 0. The molecule has 0 radical (unpaired) electrons. The van der Waals surface area contributed by atoms with E-state index in [9.17, 15) is 17.6 Å². The minimum Gasteiger partial charge on any atom is -0.342 e. The average Bonchev–Trinajstić information content (AvgIpc) is 2.39. The van der Waals surface area contributed by atoms with Crippen molar-refractivity contribution in [2.75, 3.05) is 26.7 Å². The number of carbonyl (C=O) groups excluding carboxylic acids is 1. The Morgan fingerprint density at radius 3 is 2.33 bits per heavy atom. The Hall–Kier alpha value is -1.18. The fraction of sp³-hybridized carbons (Fsp3) is 0.462. The average molecular weight is 337 g/mol. The van der Waals surface area contributed by atoms with Crippen molar-refractivity contribution in [1.82, 2.24) is 9.21 Å². The lowest BCUT2D eigenvalue weighted by atomic mass is 10.3. The van der Waals surface area contributed by atoms with Crippen molar-refractivity contribution in [2.45, 2.75) is 18.7 Å². The van der Waals surface area contributed by atoms with Gasteiger partial charge in [-0.25, -0.2) is 12.8 Å². The number of benzene rings is 1. The Morgan fingerprint density at radius 2 is 1.86 bits per heavy atom. The minimum absolute atomic E-state index is 0.211. The summed E-state index contributed by atoms with van der Waals surface area (Å²) in [5, 5.41) is -0.211. The second-order valence-electron chi connectivity index (χ2n) is 4.38. The van der Waals surface area contributed by atoms with Gasteiger partial charge in [-0.05, 0) is 26.0 Å². The van der Waals surface area contributed by atoms with Gasteiger partial charge in [0.15, 0.2) is 0 Å². The molecule has 0 aliphatic carbocycles. The largest absolute Gasteiger partial charge is 0.342 e. The molecule has 8 heteroatoms. The lowest BCUT2D eigenvalue weighted by Crippen LogP contribution is -2.41. The molecule has 0 aliphatic heterocycles. The van der Waals surface area contributed by atoms with Gasteiger partial charge in [-0.3, -0.25) is 4.79 Å². The quantitative estimate of drug-likeness (QED) is 0.798. The van der Waals surface area contributed by atoms with E-state index in [2.05, 4.69) is 0 Å². The highest BCUT2D eigenvalue weighted by molar-refractivity contribution is 7.89. The first kappa shape index (κ1) is 17.9. The van der Waals surface area contributed by atoms with Gasteiger partial charge in [0.2, 0.25) is 15.9 Å². The van der Waals surface area contributed by atoms with E-state index in [4.69, 9.17) is 11.6 Å². The van der Waals surface area contributed by atoms with E-state index in [0.717, 1.165) is 10.4 Å². The molecule has 1 rings (SSSR count). The monoisotopic (exact) mass is 336 g/mol. The van der Waals surface area contributed by atoms with Crippen LogP contribution in [0.2, 0.25) is 5.02 Å². The van der Waals surface area contributed by atoms with Crippen LogP contribution in [0.1, 0.15) is 13.8 Å². The number of halogens is 2. The first-order valence-corrected chi connectivity index (χ1v) is 8.25. The van der Waals surface area contributed by atoms with Crippen molar-refractivity contribution in [1.29, 1.82) is 0 Å². The second kappa shape index (κ2) is 7.20. The zero-order chi connectivity index (χ0) is 16.2. The lowest BCUT2D eigenvalue weighted by Gasteiger charge is -2.23. The predicted octanol–water partition coefficient (Wildman–Crippen LogP) is 1.97. The maximum Gasteiger partial charge on any atom is 0.247 e. The fourth-order valence-electron chi connectivity index (χ4n) is 1.84. The molecule has 0 aromatic heterocycles. The Kier molecular flexibility index (Phi) is 6.12. The van der Waals surface area contributed by atoms with Gasteiger partial charge >= 0.3 is 0 Å². The number of likely N-dealkylation sites (N-methyl/N-ethyl adjacent to an activating group) is 2. The second-order valence-corrected chi connectivity index (χ2v) is 6.77. The molecular formula is C13H18ClFN2O3S. The molecule has 21 heavy (non-hydrogen) atoms. The smallest absolute Gasteiger partial charge is 0.247 e. The third-order valence-corrected chi connectivity index (χ3v) is 5.37. The van der Waals surface area contributed by atoms with E-state index in [0.29, 0.717) is 13.1 Å². The molecular weight excluding hydrogens is 319 g/mol. The molecule has 0 unspecified atom stereocenters. The molecule has 0 saturated heterocycles. The molecule has 0 saturated carbocycles. The van der Waals surface area contributed by atoms with Crippen LogP contribution in [-0.2, 0) is 14.8 Å². The number of nitrogens with zero attached hydrogens (tertiary/aromatic N) is 2. The van der Waals surface area contributed by atoms with Crippen molar-refractivity contribution in [3.63, 3.8) is 0 Å². The summed E-state index contributed by atoms with van der Waals surface area (Å²) >= 11 is 5.77. The van der Waals surface area contributed by atoms with Crippen LogP contribution in [0.5, 0.6) is 0 Å². The summed E-state index contributed by atoms with van der Waals surface area (Å²) < 4.78 is 39.2. The zero-order valence-electron chi connectivity index (χ0n) is 12.1. The molecule has 0 heterocycles. The summed E-state index contributed by atoms with van der Waals surface area (Å²) in [6.45, 7) is 4.18. The standard InChI is InChI=1S/C13H18ClFN2O3S/c1-4-17(5-2)12(18)9-16(3)21(19,20)13-10(14)7-6-8-11(13)15/h6-8H,4-5,9H2,1-3H3. The van der Waals surface area contributed by atoms with Crippen LogP contribution in [0, 0.1) is 5.82 Å². The zero-order valence-corrected chi connectivity index (χ0v) is 13.7. The van der Waals surface area contributed by atoms with Gasteiger partial charge in [-0.2, -0.15) is 4.31 Å². The maximum atomic E-state index is 13.7. The van der Waals surface area contributed by atoms with Crippen LogP contribution < -0.4 is 0 Å². The van der Waals surface area contributed by atoms with Crippen molar-refractivity contribution in [3.05, 3.63) is 29.0 Å². The van der Waals surface area contributed by atoms with Gasteiger partial charge in [0.25, 0.3) is 0 Å². The summed E-state index contributed by atoms with van der Waals surface area (Å²) in [5.41, 5.74) is 0. The summed E-state index contributed by atoms with van der Waals surface area (Å²) in [6.07, 6.45) is 0. The molecule has 1 aromatic rings. The number of sulfonamides is 1. The van der Waals surface area contributed by atoms with E-state index < -0.39 is 20.7 Å². The molecule has 1 aromatic carbocycles. The van der Waals surface area contributed by atoms with Gasteiger partial charge in [0.05, 0.1) is 11.6 Å². The Morgan fingerprint density at radius 1 is 1.29 bits per heavy atom. The highest BCUT2D eigenvalue weighted by atomic mass is 35.5. The molecule has 5 nitrogen and oxygen atoms in total. The van der Waals surface area contributed by atoms with Crippen molar-refractivity contribution >= 4 is 27.5 Å². The molecule has 0 bridgehead atoms. The SMILES string of the molecule is CCN(CC)C(=O)CN(C)S(=O)(=O)c1c(F)cccc1Cl. The van der Waals surface area contributed by atoms with Crippen LogP contribution in [0.3, 0.4) is 0 Å². The van der Waals surface area contributed by atoms with E-state index in [1.54, 1.807) is 13.8 Å². The van der Waals surface area contributed by atoms with Crippen molar-refractivity contribution in [2.24, 2.45) is 0 Å². The Balaban J connectivity index is 3.06. The number of carbonyl (C=O) groups is 1. The van der Waals surface area contributed by atoms with Gasteiger partial charge in [0.1, 0.15) is 10.7 Å². The third-order valence-electron chi connectivity index (χ3n) is 3.06. The van der Waals surface area contributed by atoms with Crippen LogP contribution in [-0.4, -0.2) is 50.2 Å². The molecule has 0 aliphatic rings. The molecule has 1 amide bonds. The third kappa shape index (κ3) is 3.93. The van der Waals surface area contributed by atoms with Crippen LogP contribution in [0.4, 0.5) is 4.39 Å². The number of hydrogen-bond acceptors (Lipinski definition) is 3. The van der Waals surface area contributed by atoms with Crippen molar-refractivity contribution in [3.8, 4) is 0 Å². The van der Waals surface area contributed by atoms with Gasteiger partial charge in [-0.15, -0.1) is 0 Å². The van der Waals surface area contributed by atoms with Gasteiger partial charge in [0, 0.05) is 20.1 Å². The minimum atomic E-state index is -4.17. The fourth-order valence-corrected chi connectivity index (χ4v) is 3.51. The highest BCUT2D eigenvalue weighted by Gasteiger charge is 2.29. The summed E-state index contributed by atoms with van der Waals surface area (Å²) in [6, 6.07) is 3.62. The Bertz CT molecular complexity index is 598. The number of amides is 1. The van der Waals surface area contributed by atoms with E-state index >= 15 is 0 Å². The predicted molar refractivity (Wildman–Crippen MR) is 79.2 cm³/mol. The van der Waals surface area contributed by atoms with Gasteiger partial charge < -0.3 is 4.90 Å². The summed E-state index contributed by atoms with van der Waals surface area (Å²) in [7, 11) is -2.94. The Labute approximate surface area is 129 Å². The van der Waals surface area contributed by atoms with E-state index in [1.807, 2.05) is 0 Å². The number of rotatable bonds is 6. The van der Waals surface area contributed by atoms with Crippen LogP contribution in [0.15, 0.2) is 23.1 Å². The molecule has 0 spiro atoms. The molecule has 0 fully saturated rings. The summed E-state index contributed by atoms with van der Waals surface area (Å²) in [4.78, 5) is 12.8. The first-order chi connectivity index (χ1) is 9.75. The van der Waals surface area contributed by atoms with E-state index in [1.165, 1.54) is 24.1 Å². The lowest BCUT2D eigenvalue weighted by molar-refractivity contribution is -0.130. The van der Waals surface area contributed by atoms with Gasteiger partial charge in [-0.1, -0.05) is 17.7 Å². The first-order valence-electron chi connectivity index (χ1n) is 6.43. The molecule has 0 atom stereocenters. The topological polar surface area (TPSA) is 57.7 Å². The van der Waals surface area contributed by atoms with E-state index in [-0.39, 0.29) is 17.5 Å². The van der Waals surface area contributed by atoms with Crippen LogP contribution >= 0.6 is 11.6 Å². The molecule has 118 valence electrons. The highest BCUT2D eigenvalue weighted by Crippen LogP contribution is 2.26. The molecule has 0 N–H and O–H groups in total. The normalized spacial score (nSPS) is 11.7. The van der Waals surface area contributed by atoms with Crippen LogP contribution in [0.25, 0.3) is 0 Å².